The van der Waals surface area contributed by atoms with E-state index in [0.717, 1.165) is 4.90 Å². The Morgan fingerprint density at radius 3 is 2.67 bits per heavy atom. The quantitative estimate of drug-likeness (QED) is 0.482. The van der Waals surface area contributed by atoms with Crippen molar-refractivity contribution in [3.63, 3.8) is 0 Å². The fourth-order valence-corrected chi connectivity index (χ4v) is 2.71. The van der Waals surface area contributed by atoms with E-state index in [9.17, 15) is 4.79 Å². The van der Waals surface area contributed by atoms with Gasteiger partial charge in [0.05, 0.1) is 6.61 Å². The first kappa shape index (κ1) is 16.7. The van der Waals surface area contributed by atoms with Crippen LogP contribution in [0.25, 0.3) is 0 Å². The summed E-state index contributed by atoms with van der Waals surface area (Å²) >= 11 is 0. The summed E-state index contributed by atoms with van der Waals surface area (Å²) in [5.41, 5.74) is 6.76. The number of carbonyl (C=O) groups excluding carboxylic acids is 1. The van der Waals surface area contributed by atoms with Crippen LogP contribution < -0.4 is 5.73 Å². The van der Waals surface area contributed by atoms with Crippen molar-refractivity contribution in [2.45, 2.75) is 38.1 Å². The lowest BCUT2D eigenvalue weighted by atomic mass is 10.2. The maximum Gasteiger partial charge on any atom is 0.417 e. The summed E-state index contributed by atoms with van der Waals surface area (Å²) < 4.78 is 22.2. The first-order valence-electron chi connectivity index (χ1n) is 7.63. The van der Waals surface area contributed by atoms with Gasteiger partial charge in [-0.3, -0.25) is 10.3 Å². The number of rotatable bonds is 2. The van der Waals surface area contributed by atoms with E-state index in [4.69, 9.17) is 30.1 Å². The van der Waals surface area contributed by atoms with Crippen LogP contribution in [0.15, 0.2) is 24.3 Å². The van der Waals surface area contributed by atoms with Gasteiger partial charge in [-0.2, -0.15) is 0 Å². The average molecular weight is 335 g/mol. The maximum atomic E-state index is 12.3. The predicted molar refractivity (Wildman–Crippen MR) is 85.5 cm³/mol. The summed E-state index contributed by atoms with van der Waals surface area (Å²) in [5, 5.41) is 8.11. The molecule has 2 saturated heterocycles. The van der Waals surface area contributed by atoms with Crippen LogP contribution in [-0.4, -0.2) is 54.8 Å². The molecule has 0 radical (unpaired) electrons. The number of ether oxygens (including phenoxy) is 4. The van der Waals surface area contributed by atoms with Crippen molar-refractivity contribution in [3.8, 4) is 0 Å². The minimum Gasteiger partial charge on any atom is -0.416 e. The number of anilines is 1. The molecule has 1 aromatic rings. The molecule has 0 unspecified atom stereocenters. The molecular formula is C16H21N3O5. The Morgan fingerprint density at radius 2 is 2.00 bits per heavy atom. The second kappa shape index (κ2) is 6.04. The van der Waals surface area contributed by atoms with Gasteiger partial charge < -0.3 is 24.7 Å². The number of nitrogen functional groups attached to an aromatic ring is 1. The largest absolute Gasteiger partial charge is 0.417 e. The third-order valence-electron chi connectivity index (χ3n) is 3.92. The molecule has 8 nitrogen and oxygen atoms in total. The lowest BCUT2D eigenvalue weighted by Gasteiger charge is -2.24. The third-order valence-corrected chi connectivity index (χ3v) is 3.92. The van der Waals surface area contributed by atoms with Crippen LogP contribution in [0.1, 0.15) is 19.4 Å². The Kier molecular flexibility index (Phi) is 4.20. The molecule has 3 atom stereocenters. The van der Waals surface area contributed by atoms with Crippen LogP contribution in [0.5, 0.6) is 0 Å². The van der Waals surface area contributed by atoms with Gasteiger partial charge in [-0.25, -0.2) is 4.79 Å². The topological polar surface area (TPSA) is 107 Å². The summed E-state index contributed by atoms with van der Waals surface area (Å²) in [4.78, 5) is 13.4. The molecule has 0 spiro atoms. The summed E-state index contributed by atoms with van der Waals surface area (Å²) in [6.45, 7) is 3.89. The second-order valence-corrected chi connectivity index (χ2v) is 6.25. The molecular weight excluding hydrogens is 314 g/mol. The van der Waals surface area contributed by atoms with Gasteiger partial charge in [-0.15, -0.1) is 0 Å². The molecule has 0 saturated carbocycles. The number of nitrogens with one attached hydrogen (secondary N) is 1. The highest BCUT2D eigenvalue weighted by Gasteiger charge is 2.52. The molecule has 24 heavy (non-hydrogen) atoms. The Bertz CT molecular complexity index is 646. The molecule has 130 valence electrons. The fraction of sp³-hybridized carbons (Fsp3) is 0.500. The number of carbonyl (C=O) groups is 1. The molecule has 2 aliphatic rings. The van der Waals surface area contributed by atoms with Crippen molar-refractivity contribution in [1.29, 1.82) is 5.41 Å². The number of nitrogens with zero attached hydrogens (tertiary/aromatic N) is 1. The minimum atomic E-state index is -0.856. The van der Waals surface area contributed by atoms with Crippen LogP contribution in [0.2, 0.25) is 0 Å². The van der Waals surface area contributed by atoms with Crippen LogP contribution in [0, 0.1) is 5.41 Å². The zero-order valence-electron chi connectivity index (χ0n) is 13.8. The molecule has 0 aliphatic carbocycles. The second-order valence-electron chi connectivity index (χ2n) is 6.25. The van der Waals surface area contributed by atoms with Gasteiger partial charge in [0.25, 0.3) is 0 Å². The van der Waals surface area contributed by atoms with Crippen LogP contribution in [0.4, 0.5) is 10.5 Å². The standard InChI is InChI=1S/C16H21N3O5/c1-16(2)23-11-8-21-14(12(11)24-16)22-15(20)19(3)13(18)9-4-6-10(17)7-5-9/h4-7,11-12,14,18H,8,17H2,1-3H3/t11-,12+,14+/m0/s1. The maximum absolute atomic E-state index is 12.3. The van der Waals surface area contributed by atoms with Crippen LogP contribution in [0.3, 0.4) is 0 Å². The van der Waals surface area contributed by atoms with Crippen LogP contribution in [-0.2, 0) is 18.9 Å². The zero-order chi connectivity index (χ0) is 17.5. The van der Waals surface area contributed by atoms with Gasteiger partial charge in [0.2, 0.25) is 6.29 Å². The minimum absolute atomic E-state index is 0.00142. The van der Waals surface area contributed by atoms with Gasteiger partial charge in [0.1, 0.15) is 11.9 Å². The van der Waals surface area contributed by atoms with E-state index in [1.807, 2.05) is 0 Å². The number of amidine groups is 1. The lowest BCUT2D eigenvalue weighted by Crippen LogP contribution is -2.40. The van der Waals surface area contributed by atoms with E-state index in [1.54, 1.807) is 38.1 Å². The highest BCUT2D eigenvalue weighted by molar-refractivity contribution is 6.04. The Labute approximate surface area is 139 Å². The highest BCUT2D eigenvalue weighted by Crippen LogP contribution is 2.35. The van der Waals surface area contributed by atoms with Crippen molar-refractivity contribution >= 4 is 17.6 Å². The zero-order valence-corrected chi connectivity index (χ0v) is 13.8. The number of hydrogen-bond donors (Lipinski definition) is 2. The normalized spacial score (nSPS) is 27.5. The number of nitrogens with two attached hydrogens (primary N) is 1. The first-order chi connectivity index (χ1) is 11.3. The van der Waals surface area contributed by atoms with Gasteiger partial charge >= 0.3 is 6.09 Å². The molecule has 1 aromatic carbocycles. The van der Waals surface area contributed by atoms with Crippen molar-refractivity contribution in [2.24, 2.45) is 0 Å². The SMILES string of the molecule is CN(C(=N)c1ccc(N)cc1)C(=O)O[C@H]1OC[C@@H]2OC(C)(C)O[C@@H]12. The summed E-state index contributed by atoms with van der Waals surface area (Å²) in [6.07, 6.45) is -2.29. The van der Waals surface area contributed by atoms with Crippen LogP contribution >= 0.6 is 0 Å². The average Bonchev–Trinajstić information content (AvgIpc) is 3.02. The number of fused-ring (bicyclic) bond motifs is 1. The van der Waals surface area contributed by atoms with E-state index in [-0.39, 0.29) is 11.9 Å². The van der Waals surface area contributed by atoms with E-state index in [0.29, 0.717) is 17.9 Å². The molecule has 0 aromatic heterocycles. The van der Waals surface area contributed by atoms with Gasteiger partial charge in [0.15, 0.2) is 11.9 Å². The molecule has 2 heterocycles. The molecule has 8 heteroatoms. The predicted octanol–water partition coefficient (Wildman–Crippen LogP) is 1.54. The Morgan fingerprint density at radius 1 is 1.33 bits per heavy atom. The van der Waals surface area contributed by atoms with Crippen molar-refractivity contribution in [2.75, 3.05) is 19.4 Å². The van der Waals surface area contributed by atoms with E-state index < -0.39 is 24.3 Å². The van der Waals surface area contributed by atoms with Gasteiger partial charge in [0, 0.05) is 18.3 Å². The Balaban J connectivity index is 1.62. The van der Waals surface area contributed by atoms with E-state index in [1.165, 1.54) is 7.05 Å². The third kappa shape index (κ3) is 3.21. The fourth-order valence-electron chi connectivity index (χ4n) is 2.71. The molecule has 0 bridgehead atoms. The monoisotopic (exact) mass is 335 g/mol. The molecule has 3 N–H and O–H groups in total. The Hall–Kier alpha value is -2.16. The smallest absolute Gasteiger partial charge is 0.416 e. The van der Waals surface area contributed by atoms with Gasteiger partial charge in [-0.1, -0.05) is 0 Å². The molecule has 3 rings (SSSR count). The molecule has 2 aliphatic heterocycles. The number of benzene rings is 1. The van der Waals surface area contributed by atoms with Crippen molar-refractivity contribution in [3.05, 3.63) is 29.8 Å². The van der Waals surface area contributed by atoms with Crippen molar-refractivity contribution in [1.82, 2.24) is 4.90 Å². The first-order valence-corrected chi connectivity index (χ1v) is 7.63. The van der Waals surface area contributed by atoms with Gasteiger partial charge in [-0.05, 0) is 38.1 Å². The number of hydrogen-bond acceptors (Lipinski definition) is 7. The highest BCUT2D eigenvalue weighted by atomic mass is 16.8. The molecule has 1 amide bonds. The summed E-state index contributed by atoms with van der Waals surface area (Å²) in [7, 11) is 1.46. The van der Waals surface area contributed by atoms with E-state index in [2.05, 4.69) is 0 Å². The summed E-state index contributed by atoms with van der Waals surface area (Å²) in [5.74, 6) is -0.731. The van der Waals surface area contributed by atoms with E-state index >= 15 is 0 Å². The lowest BCUT2D eigenvalue weighted by molar-refractivity contribution is -0.206. The van der Waals surface area contributed by atoms with Crippen molar-refractivity contribution < 1.29 is 23.7 Å². The molecule has 2 fully saturated rings. The summed E-state index contributed by atoms with van der Waals surface area (Å²) in [6, 6.07) is 6.67. The number of amides is 1.